The predicted molar refractivity (Wildman–Crippen MR) is 229 cm³/mol. The highest BCUT2D eigenvalue weighted by molar-refractivity contribution is 6.00. The molecule has 1 aromatic carbocycles. The van der Waals surface area contributed by atoms with E-state index in [-0.39, 0.29) is 65.0 Å². The first-order chi connectivity index (χ1) is 29.7. The second-order valence-corrected chi connectivity index (χ2v) is 18.7. The Morgan fingerprint density at radius 2 is 1.75 bits per heavy atom. The number of fused-ring (bicyclic) bond motifs is 5. The minimum Gasteiger partial charge on any atom is -0.482 e. The van der Waals surface area contributed by atoms with Gasteiger partial charge in [-0.25, -0.2) is 4.79 Å². The summed E-state index contributed by atoms with van der Waals surface area (Å²) >= 11 is 0. The first kappa shape index (κ1) is 46.1. The molecule has 4 aliphatic heterocycles. The van der Waals surface area contributed by atoms with E-state index >= 15 is 4.79 Å². The molecule has 1 spiro atoms. The molecule has 15 heteroatoms. The molecule has 4 fully saturated rings. The van der Waals surface area contributed by atoms with Crippen LogP contribution in [0, 0.1) is 35.0 Å². The third-order valence-electron chi connectivity index (χ3n) is 13.6. The lowest BCUT2D eigenvalue weighted by atomic mass is 9.43. The van der Waals surface area contributed by atoms with Gasteiger partial charge in [-0.05, 0) is 85.3 Å². The van der Waals surface area contributed by atoms with Crippen LogP contribution in [0.5, 0.6) is 17.2 Å². The number of methoxy groups -OCH3 is 1. The summed E-state index contributed by atoms with van der Waals surface area (Å²) in [6.07, 6.45) is 2.30. The fourth-order valence-electron chi connectivity index (χ4n) is 10.3. The van der Waals surface area contributed by atoms with Crippen molar-refractivity contribution in [1.82, 2.24) is 0 Å². The summed E-state index contributed by atoms with van der Waals surface area (Å²) in [6.45, 7) is 14.6. The zero-order chi connectivity index (χ0) is 46.1. The molecular formula is C48H60N2O13. The molecule has 6 unspecified atom stereocenters. The second kappa shape index (κ2) is 16.9. The Kier molecular flexibility index (Phi) is 12.3. The number of rotatable bonds is 12. The SMILES string of the molecule is COC(=O)/C(C)=C\CC1(O)C(=O)C2CC(C(C)C)C13Oc1c(CC=C(C)C)c4c(c(O[C@@H]5O[C@H](CO)[C@@H](O)[C@H](O)[C@H]5O)c1C1=C3C2C(C#N)=C(N)O1)C=CC(C)(CCC=C(C)C)O4. The van der Waals surface area contributed by atoms with Gasteiger partial charge in [-0.2, -0.15) is 5.26 Å². The molecule has 63 heavy (non-hydrogen) atoms. The second-order valence-electron chi connectivity index (χ2n) is 18.7. The van der Waals surface area contributed by atoms with Gasteiger partial charge in [0.1, 0.15) is 64.7 Å². The number of carbonyl (C=O) groups is 2. The predicted octanol–water partition coefficient (Wildman–Crippen LogP) is 4.58. The molecule has 2 bridgehead atoms. The molecule has 4 heterocycles. The Hall–Kier alpha value is -4.95. The molecule has 1 aromatic rings. The Balaban J connectivity index is 1.59. The number of allylic oxidation sites excluding steroid dienone is 5. The molecule has 7 aliphatic rings. The standard InChI is InChI=1S/C48H60N2O13/c1-22(2)11-10-16-46(8)17-15-27-38(62-46)26(13-12-23(3)4)40-33(39(27)61-45-37(54)36(53)35(52)31(21-51)59-45)41-34-32(29(20-49)43(50)60-41)28-19-30(24(5)6)48(34,63-40)47(57,42(28)55)18-14-25(7)44(56)58-9/h11-12,14-15,17,24,28,30-32,35-37,45,51-54,57H,10,13,16,18-19,21,50H2,1-9H3/b25-14-/t28?,30?,31-,32?,35-,36+,37-,45+,46?,47?,48?/m1/s1. The van der Waals surface area contributed by atoms with Crippen LogP contribution in [-0.2, 0) is 30.2 Å². The molecule has 1 saturated heterocycles. The quantitative estimate of drug-likeness (QED) is 0.0957. The van der Waals surface area contributed by atoms with Crippen LogP contribution in [0.4, 0.5) is 0 Å². The van der Waals surface area contributed by atoms with Crippen LogP contribution >= 0.6 is 0 Å². The molecule has 3 saturated carbocycles. The molecule has 11 atom stereocenters. The van der Waals surface area contributed by atoms with Gasteiger partial charge in [-0.15, -0.1) is 0 Å². The smallest absolute Gasteiger partial charge is 0.333 e. The van der Waals surface area contributed by atoms with Gasteiger partial charge in [0.25, 0.3) is 0 Å². The number of nitrogens with two attached hydrogens (primary N) is 1. The van der Waals surface area contributed by atoms with Gasteiger partial charge in [0.05, 0.1) is 24.9 Å². The number of carbonyl (C=O) groups excluding carboxylic acids is 2. The zero-order valence-corrected chi connectivity index (χ0v) is 37.4. The minimum absolute atomic E-state index is 0.0106. The third kappa shape index (κ3) is 7.29. The van der Waals surface area contributed by atoms with Gasteiger partial charge in [0, 0.05) is 40.9 Å². The van der Waals surface area contributed by atoms with E-state index < -0.39 is 83.6 Å². The summed E-state index contributed by atoms with van der Waals surface area (Å²) in [5, 5.41) is 67.2. The molecule has 0 amide bonds. The highest BCUT2D eigenvalue weighted by Crippen LogP contribution is 2.69. The van der Waals surface area contributed by atoms with Gasteiger partial charge in [0.2, 0.25) is 12.2 Å². The fraction of sp³-hybridized carbons (Fsp3) is 0.562. The highest BCUT2D eigenvalue weighted by Gasteiger charge is 2.77. The van der Waals surface area contributed by atoms with Gasteiger partial charge < -0.3 is 59.7 Å². The van der Waals surface area contributed by atoms with E-state index in [0.29, 0.717) is 35.3 Å². The summed E-state index contributed by atoms with van der Waals surface area (Å²) in [4.78, 5) is 27.8. The lowest BCUT2D eigenvalue weighted by Gasteiger charge is -2.65. The van der Waals surface area contributed by atoms with Crippen molar-refractivity contribution in [2.24, 2.45) is 29.4 Å². The summed E-state index contributed by atoms with van der Waals surface area (Å²) in [6, 6.07) is 2.18. The summed E-state index contributed by atoms with van der Waals surface area (Å²) in [7, 11) is 1.24. The minimum atomic E-state index is -2.34. The number of aliphatic hydroxyl groups excluding tert-OH is 4. The van der Waals surface area contributed by atoms with Crippen molar-refractivity contribution in [3.8, 4) is 23.3 Å². The van der Waals surface area contributed by atoms with Crippen molar-refractivity contribution in [2.75, 3.05) is 13.7 Å². The van der Waals surface area contributed by atoms with Crippen molar-refractivity contribution >= 4 is 23.6 Å². The van der Waals surface area contributed by atoms with E-state index in [4.69, 9.17) is 34.2 Å². The summed E-state index contributed by atoms with van der Waals surface area (Å²) < 4.78 is 38.7. The molecule has 8 rings (SSSR count). The Morgan fingerprint density at radius 3 is 2.37 bits per heavy atom. The maximum Gasteiger partial charge on any atom is 0.333 e. The maximum atomic E-state index is 15.1. The molecule has 15 nitrogen and oxygen atoms in total. The average Bonchev–Trinajstić information content (AvgIpc) is 3.23. The van der Waals surface area contributed by atoms with Crippen LogP contribution in [0.3, 0.4) is 0 Å². The number of Topliss-reactive ketones (excluding diaryl/α,β-unsaturated/α-hetero) is 1. The van der Waals surface area contributed by atoms with Crippen molar-refractivity contribution in [2.45, 2.75) is 135 Å². The topological polar surface area (TPSA) is 240 Å². The highest BCUT2D eigenvalue weighted by atomic mass is 16.7. The van der Waals surface area contributed by atoms with Gasteiger partial charge in [-0.3, -0.25) is 4.79 Å². The van der Waals surface area contributed by atoms with E-state index in [9.17, 15) is 35.6 Å². The van der Waals surface area contributed by atoms with Gasteiger partial charge in [0.15, 0.2) is 17.0 Å². The number of benzene rings is 1. The first-order valence-electron chi connectivity index (χ1n) is 21.6. The van der Waals surface area contributed by atoms with Crippen molar-refractivity contribution in [3.63, 3.8) is 0 Å². The number of esters is 1. The number of hydrogen-bond donors (Lipinski definition) is 6. The Bertz CT molecular complexity index is 2310. The van der Waals surface area contributed by atoms with E-state index in [2.05, 4.69) is 12.1 Å². The lowest BCUT2D eigenvalue weighted by molar-refractivity contribution is -0.277. The maximum absolute atomic E-state index is 15.1. The van der Waals surface area contributed by atoms with Crippen molar-refractivity contribution in [3.05, 3.63) is 74.7 Å². The molecule has 3 aliphatic carbocycles. The van der Waals surface area contributed by atoms with Crippen LogP contribution in [0.2, 0.25) is 0 Å². The summed E-state index contributed by atoms with van der Waals surface area (Å²) in [5.41, 5.74) is 5.07. The third-order valence-corrected chi connectivity index (χ3v) is 13.6. The molecule has 0 aromatic heterocycles. The molecule has 0 radical (unpaired) electrons. The van der Waals surface area contributed by atoms with Crippen molar-refractivity contribution in [1.29, 1.82) is 5.26 Å². The number of hydrogen-bond acceptors (Lipinski definition) is 15. The Morgan fingerprint density at radius 1 is 1.05 bits per heavy atom. The number of ether oxygens (including phenoxy) is 6. The zero-order valence-electron chi connectivity index (χ0n) is 37.4. The van der Waals surface area contributed by atoms with E-state index in [0.717, 1.165) is 11.1 Å². The van der Waals surface area contributed by atoms with E-state index in [1.807, 2.05) is 66.7 Å². The number of ketones is 1. The van der Waals surface area contributed by atoms with Crippen LogP contribution < -0.4 is 19.9 Å². The average molecular weight is 873 g/mol. The van der Waals surface area contributed by atoms with Crippen LogP contribution in [-0.4, -0.2) is 98.5 Å². The molecule has 340 valence electrons. The van der Waals surface area contributed by atoms with Crippen LogP contribution in [0.1, 0.15) is 97.8 Å². The Labute approximate surface area is 367 Å². The van der Waals surface area contributed by atoms with Crippen molar-refractivity contribution < 1.29 is 63.5 Å². The summed E-state index contributed by atoms with van der Waals surface area (Å²) in [5.74, 6) is -3.81. The van der Waals surface area contributed by atoms with Crippen LogP contribution in [0.25, 0.3) is 11.8 Å². The van der Waals surface area contributed by atoms with E-state index in [1.165, 1.54) is 20.1 Å². The largest absolute Gasteiger partial charge is 0.482 e. The first-order valence-corrected chi connectivity index (χ1v) is 21.6. The van der Waals surface area contributed by atoms with Gasteiger partial charge in [-0.1, -0.05) is 43.2 Å². The van der Waals surface area contributed by atoms with Gasteiger partial charge >= 0.3 is 5.97 Å². The monoisotopic (exact) mass is 872 g/mol. The number of nitriles is 1. The fourth-order valence-corrected chi connectivity index (χ4v) is 10.3. The lowest BCUT2D eigenvalue weighted by Crippen LogP contribution is -2.78. The molecule has 7 N–H and O–H groups in total. The number of nitrogens with zero attached hydrogens (tertiary/aromatic N) is 1. The molecular weight excluding hydrogens is 813 g/mol. The number of aliphatic hydroxyl groups is 5. The van der Waals surface area contributed by atoms with Crippen LogP contribution in [0.15, 0.2) is 58.1 Å². The van der Waals surface area contributed by atoms with E-state index in [1.54, 1.807) is 0 Å². The normalized spacial score (nSPS) is 33.9.